The first-order valence-electron chi connectivity index (χ1n) is 10.6. The monoisotopic (exact) mass is 466 g/mol. The Labute approximate surface area is 190 Å². The molecule has 0 unspecified atom stereocenters. The summed E-state index contributed by atoms with van der Waals surface area (Å²) in [5.74, 6) is 1.46. The molecule has 1 N–H and O–H groups in total. The van der Waals surface area contributed by atoms with Gasteiger partial charge in [-0.05, 0) is 18.6 Å². The Bertz CT molecular complexity index is 1700. The number of imidazole rings is 1. The van der Waals surface area contributed by atoms with Crippen LogP contribution >= 0.6 is 11.8 Å². The summed E-state index contributed by atoms with van der Waals surface area (Å²) in [6.07, 6.45) is 1.72. The Morgan fingerprint density at radius 1 is 1.06 bits per heavy atom. The van der Waals surface area contributed by atoms with Gasteiger partial charge in [0.2, 0.25) is 5.78 Å². The summed E-state index contributed by atoms with van der Waals surface area (Å²) in [5, 5.41) is 9.67. The molecular formula is C21H22N8O3S. The molecule has 0 aliphatic heterocycles. The molecule has 12 heteroatoms. The van der Waals surface area contributed by atoms with E-state index < -0.39 is 11.2 Å². The molecule has 0 amide bonds. The van der Waals surface area contributed by atoms with Gasteiger partial charge in [-0.1, -0.05) is 37.2 Å². The van der Waals surface area contributed by atoms with Gasteiger partial charge in [0.1, 0.15) is 5.82 Å². The summed E-state index contributed by atoms with van der Waals surface area (Å²) in [6, 6.07) is 7.32. The molecule has 0 atom stereocenters. The van der Waals surface area contributed by atoms with Gasteiger partial charge < -0.3 is 4.57 Å². The number of hydrogen-bond acceptors (Lipinski definition) is 7. The first kappa shape index (κ1) is 21.2. The first-order chi connectivity index (χ1) is 15.9. The van der Waals surface area contributed by atoms with Crippen LogP contribution in [0.4, 0.5) is 0 Å². The van der Waals surface area contributed by atoms with Crippen molar-refractivity contribution in [2.75, 3.05) is 0 Å². The van der Waals surface area contributed by atoms with E-state index in [4.69, 9.17) is 0 Å². The lowest BCUT2D eigenvalue weighted by atomic mass is 10.2. The number of para-hydroxylation sites is 1. The molecule has 4 aromatic heterocycles. The fourth-order valence-corrected chi connectivity index (χ4v) is 4.90. The first-order valence-corrected chi connectivity index (χ1v) is 11.5. The molecule has 170 valence electrons. The Morgan fingerprint density at radius 2 is 1.85 bits per heavy atom. The minimum absolute atomic E-state index is 0.137. The number of thioether (sulfide) groups is 1. The summed E-state index contributed by atoms with van der Waals surface area (Å²) in [4.78, 5) is 44.5. The molecule has 0 aliphatic rings. The van der Waals surface area contributed by atoms with E-state index in [1.807, 2.05) is 29.5 Å². The van der Waals surface area contributed by atoms with Crippen LogP contribution in [0.15, 0.2) is 43.8 Å². The van der Waals surface area contributed by atoms with E-state index in [2.05, 4.69) is 20.2 Å². The highest BCUT2D eigenvalue weighted by Gasteiger charge is 2.19. The molecule has 1 aromatic carbocycles. The molecule has 5 rings (SSSR count). The average molecular weight is 467 g/mol. The standard InChI is InChI=1S/C21H22N8O3S/c1-4-5-10-28-16-15(17(30)23-20(28)32)26(2)14(22-16)11-33-21-25-24-19-27(3)18(31)12-8-6-7-9-13(12)29(19)21/h6-9H,4-5,10-11H2,1-3H3,(H,23,30,32). The predicted octanol–water partition coefficient (Wildman–Crippen LogP) is 1.41. The van der Waals surface area contributed by atoms with Crippen LogP contribution in [0.1, 0.15) is 25.6 Å². The van der Waals surface area contributed by atoms with E-state index in [1.165, 1.54) is 20.9 Å². The van der Waals surface area contributed by atoms with Gasteiger partial charge in [0.05, 0.1) is 16.7 Å². The zero-order valence-corrected chi connectivity index (χ0v) is 19.2. The number of H-pyrrole nitrogens is 1. The summed E-state index contributed by atoms with van der Waals surface area (Å²) in [5.41, 5.74) is 0.422. The van der Waals surface area contributed by atoms with E-state index >= 15 is 0 Å². The molecule has 0 saturated heterocycles. The minimum Gasteiger partial charge on any atom is -0.325 e. The zero-order valence-electron chi connectivity index (χ0n) is 18.4. The molecular weight excluding hydrogens is 444 g/mol. The van der Waals surface area contributed by atoms with Crippen LogP contribution in [0.25, 0.3) is 27.8 Å². The van der Waals surface area contributed by atoms with Gasteiger partial charge in [-0.2, -0.15) is 0 Å². The number of hydrogen-bond donors (Lipinski definition) is 1. The molecule has 0 aliphatic carbocycles. The fourth-order valence-electron chi connectivity index (χ4n) is 3.98. The summed E-state index contributed by atoms with van der Waals surface area (Å²) in [7, 11) is 3.43. The number of nitrogens with zero attached hydrogens (tertiary/aromatic N) is 7. The van der Waals surface area contributed by atoms with Crippen LogP contribution in [0.3, 0.4) is 0 Å². The van der Waals surface area contributed by atoms with Gasteiger partial charge >= 0.3 is 5.69 Å². The predicted molar refractivity (Wildman–Crippen MR) is 126 cm³/mol. The second-order valence-electron chi connectivity index (χ2n) is 7.81. The largest absolute Gasteiger partial charge is 0.330 e. The summed E-state index contributed by atoms with van der Waals surface area (Å²) >= 11 is 1.39. The highest BCUT2D eigenvalue weighted by atomic mass is 32.2. The number of rotatable bonds is 6. The lowest BCUT2D eigenvalue weighted by molar-refractivity contribution is 0.613. The Balaban J connectivity index is 1.59. The third-order valence-electron chi connectivity index (χ3n) is 5.77. The number of nitrogens with one attached hydrogen (secondary N) is 1. The number of aromatic amines is 1. The molecule has 0 saturated carbocycles. The smallest absolute Gasteiger partial charge is 0.325 e. The molecule has 4 heterocycles. The number of aryl methyl sites for hydroxylation is 3. The normalized spacial score (nSPS) is 11.8. The van der Waals surface area contributed by atoms with Gasteiger partial charge in [0.25, 0.3) is 11.1 Å². The second kappa shape index (κ2) is 8.03. The maximum atomic E-state index is 12.6. The van der Waals surface area contributed by atoms with Gasteiger partial charge in [-0.3, -0.25) is 28.1 Å². The topological polar surface area (TPSA) is 125 Å². The van der Waals surface area contributed by atoms with Crippen molar-refractivity contribution in [1.29, 1.82) is 0 Å². The molecule has 0 radical (unpaired) electrons. The number of benzene rings is 1. The molecule has 33 heavy (non-hydrogen) atoms. The van der Waals surface area contributed by atoms with Crippen molar-refractivity contribution >= 4 is 39.6 Å². The van der Waals surface area contributed by atoms with Crippen LogP contribution in [-0.2, 0) is 26.4 Å². The molecule has 0 bridgehead atoms. The number of fused-ring (bicyclic) bond motifs is 4. The molecule has 0 fully saturated rings. The van der Waals surface area contributed by atoms with E-state index in [1.54, 1.807) is 24.7 Å². The van der Waals surface area contributed by atoms with E-state index in [0.717, 1.165) is 18.4 Å². The van der Waals surface area contributed by atoms with Crippen molar-refractivity contribution in [1.82, 2.24) is 38.3 Å². The highest BCUT2D eigenvalue weighted by Crippen LogP contribution is 2.25. The van der Waals surface area contributed by atoms with E-state index in [-0.39, 0.29) is 5.56 Å². The third-order valence-corrected chi connectivity index (χ3v) is 6.69. The van der Waals surface area contributed by atoms with Crippen molar-refractivity contribution in [3.8, 4) is 0 Å². The fraction of sp³-hybridized carbons (Fsp3) is 0.333. The maximum absolute atomic E-state index is 12.6. The molecule has 0 spiro atoms. The minimum atomic E-state index is -0.456. The second-order valence-corrected chi connectivity index (χ2v) is 8.75. The van der Waals surface area contributed by atoms with Crippen molar-refractivity contribution in [3.05, 3.63) is 61.3 Å². The maximum Gasteiger partial charge on any atom is 0.330 e. The van der Waals surface area contributed by atoms with Gasteiger partial charge in [0, 0.05) is 20.6 Å². The van der Waals surface area contributed by atoms with Gasteiger partial charge in [0.15, 0.2) is 16.3 Å². The number of aromatic nitrogens is 8. The Hall–Kier alpha value is -3.67. The van der Waals surface area contributed by atoms with E-state index in [9.17, 15) is 14.4 Å². The Morgan fingerprint density at radius 3 is 2.64 bits per heavy atom. The zero-order chi connectivity index (χ0) is 23.3. The number of unbranched alkanes of at least 4 members (excludes halogenated alkanes) is 1. The van der Waals surface area contributed by atoms with Crippen molar-refractivity contribution in [2.24, 2.45) is 14.1 Å². The SMILES string of the molecule is CCCCn1c(=O)[nH]c(=O)c2c1nc(CSc1nnc3n(C)c(=O)c4ccccc4n13)n2C. The quantitative estimate of drug-likeness (QED) is 0.375. The van der Waals surface area contributed by atoms with Crippen molar-refractivity contribution < 1.29 is 0 Å². The van der Waals surface area contributed by atoms with E-state index in [0.29, 0.717) is 45.6 Å². The van der Waals surface area contributed by atoms with Crippen molar-refractivity contribution in [2.45, 2.75) is 37.2 Å². The lowest BCUT2D eigenvalue weighted by Gasteiger charge is -2.07. The third kappa shape index (κ3) is 3.28. The molecule has 5 aromatic rings. The van der Waals surface area contributed by atoms with Crippen LogP contribution in [0, 0.1) is 0 Å². The Kier molecular flexibility index (Phi) is 5.16. The van der Waals surface area contributed by atoms with Crippen LogP contribution in [0.2, 0.25) is 0 Å². The van der Waals surface area contributed by atoms with Gasteiger partial charge in [-0.25, -0.2) is 9.78 Å². The summed E-state index contributed by atoms with van der Waals surface area (Å²) in [6.45, 7) is 2.53. The molecule has 11 nitrogen and oxygen atoms in total. The van der Waals surface area contributed by atoms with Crippen molar-refractivity contribution in [3.63, 3.8) is 0 Å². The lowest BCUT2D eigenvalue weighted by Crippen LogP contribution is -2.31. The average Bonchev–Trinajstić information content (AvgIpc) is 3.37. The van der Waals surface area contributed by atoms with Gasteiger partial charge in [-0.15, -0.1) is 10.2 Å². The van der Waals surface area contributed by atoms with Crippen LogP contribution in [0.5, 0.6) is 0 Å². The van der Waals surface area contributed by atoms with Crippen LogP contribution < -0.4 is 16.8 Å². The highest BCUT2D eigenvalue weighted by molar-refractivity contribution is 7.98. The summed E-state index contributed by atoms with van der Waals surface area (Å²) < 4.78 is 6.54. The van der Waals surface area contributed by atoms with Crippen LogP contribution in [-0.4, -0.2) is 38.3 Å².